The molecule has 2 aromatic rings. The number of rotatable bonds is 13. The molecule has 1 saturated carbocycles. The number of aliphatic hydroxyl groups excluding tert-OH is 1. The maximum atomic E-state index is 13.6. The monoisotopic (exact) mass is 678 g/mol. The lowest BCUT2D eigenvalue weighted by atomic mass is 9.96. The molecule has 6 N–H and O–H groups in total. The molecule has 4 rings (SSSR count). The number of likely N-dealkylation sites (N-methyl/N-ethyl adjacent to an activating group) is 1. The van der Waals surface area contributed by atoms with E-state index < -0.39 is 12.1 Å². The molecule has 0 spiro atoms. The van der Waals surface area contributed by atoms with E-state index in [1.54, 1.807) is 47.2 Å². The number of nitrogens with one attached hydrogen (secondary N) is 3. The molecule has 0 saturated heterocycles. The molecule has 1 heterocycles. The summed E-state index contributed by atoms with van der Waals surface area (Å²) in [5.74, 6) is -0.0446. The number of hydrogen-bond donors (Lipinski definition) is 5. The standard InChI is InChI=1S/C37H54N6O6/c1-25-22-43(26(2)24-44)36(47)21-27-20-29(39-34(45)16-8-5-9-17-35(46)41-31-15-11-10-14-30(31)38)18-19-32(27)49-33(25)23-42(3)37(48)40-28-12-6-4-7-13-28/h10-11,14-15,18-20,25-26,28,33,44H,4-9,12-13,16-17,21-24,38H2,1-3H3,(H,39,45)(H,40,48)(H,41,46)/t25-,26+,33+/m1/s1. The zero-order valence-corrected chi connectivity index (χ0v) is 29.2. The highest BCUT2D eigenvalue weighted by atomic mass is 16.5. The van der Waals surface area contributed by atoms with Crippen molar-refractivity contribution in [1.82, 2.24) is 15.1 Å². The van der Waals surface area contributed by atoms with Gasteiger partial charge in [0.25, 0.3) is 0 Å². The molecule has 0 radical (unpaired) electrons. The quantitative estimate of drug-likeness (QED) is 0.148. The molecule has 1 aliphatic heterocycles. The van der Waals surface area contributed by atoms with E-state index in [4.69, 9.17) is 10.5 Å². The summed E-state index contributed by atoms with van der Waals surface area (Å²) in [5, 5.41) is 18.9. The number of benzene rings is 2. The van der Waals surface area contributed by atoms with E-state index in [1.807, 2.05) is 26.0 Å². The number of ether oxygens (including phenoxy) is 1. The van der Waals surface area contributed by atoms with Crippen LogP contribution in [0, 0.1) is 5.92 Å². The van der Waals surface area contributed by atoms with Crippen molar-refractivity contribution in [2.45, 2.75) is 103 Å². The van der Waals surface area contributed by atoms with Gasteiger partial charge in [0.1, 0.15) is 11.9 Å². The van der Waals surface area contributed by atoms with Crippen LogP contribution in [0.1, 0.15) is 83.6 Å². The zero-order valence-electron chi connectivity index (χ0n) is 29.2. The molecule has 0 unspecified atom stereocenters. The normalized spacial score (nSPS) is 18.9. The average Bonchev–Trinajstić information content (AvgIpc) is 3.12. The van der Waals surface area contributed by atoms with Crippen LogP contribution < -0.4 is 26.4 Å². The number of fused-ring (bicyclic) bond motifs is 1. The Hall–Kier alpha value is -4.32. The second-order valence-corrected chi connectivity index (χ2v) is 13.6. The molecule has 12 nitrogen and oxygen atoms in total. The summed E-state index contributed by atoms with van der Waals surface area (Å²) in [6.07, 6.45) is 7.64. The number of carbonyl (C=O) groups excluding carboxylic acids is 4. The topological polar surface area (TPSA) is 166 Å². The summed E-state index contributed by atoms with van der Waals surface area (Å²) in [7, 11) is 1.76. The van der Waals surface area contributed by atoms with Gasteiger partial charge in [0, 0.05) is 49.6 Å². The highest BCUT2D eigenvalue weighted by Gasteiger charge is 2.32. The van der Waals surface area contributed by atoms with Crippen LogP contribution in [0.4, 0.5) is 21.9 Å². The molecule has 2 aromatic carbocycles. The number of hydrogen-bond acceptors (Lipinski definition) is 7. The predicted octanol–water partition coefficient (Wildman–Crippen LogP) is 4.92. The van der Waals surface area contributed by atoms with Gasteiger partial charge in [-0.05, 0) is 62.9 Å². The molecule has 5 amide bonds. The van der Waals surface area contributed by atoms with Crippen LogP contribution in [-0.2, 0) is 20.8 Å². The third-order valence-corrected chi connectivity index (χ3v) is 9.48. The van der Waals surface area contributed by atoms with E-state index in [0.29, 0.717) is 67.1 Å². The predicted molar refractivity (Wildman–Crippen MR) is 191 cm³/mol. The minimum atomic E-state index is -0.423. The zero-order chi connectivity index (χ0) is 35.3. The Bertz CT molecular complexity index is 1430. The fourth-order valence-electron chi connectivity index (χ4n) is 6.40. The Kier molecular flexibility index (Phi) is 14.1. The first-order valence-electron chi connectivity index (χ1n) is 17.7. The Morgan fingerprint density at radius 2 is 1.71 bits per heavy atom. The second kappa shape index (κ2) is 18.4. The van der Waals surface area contributed by atoms with Gasteiger partial charge in [-0.25, -0.2) is 4.79 Å². The minimum absolute atomic E-state index is 0.0392. The Labute approximate surface area is 290 Å². The maximum absolute atomic E-state index is 13.6. The average molecular weight is 679 g/mol. The van der Waals surface area contributed by atoms with E-state index in [1.165, 1.54) is 6.42 Å². The summed E-state index contributed by atoms with van der Waals surface area (Å²) in [6, 6.07) is 12.0. The number of anilines is 3. The van der Waals surface area contributed by atoms with Crippen LogP contribution in [0.2, 0.25) is 0 Å². The van der Waals surface area contributed by atoms with Gasteiger partial charge in [0.05, 0.1) is 37.0 Å². The third kappa shape index (κ3) is 11.4. The second-order valence-electron chi connectivity index (χ2n) is 13.6. The van der Waals surface area contributed by atoms with Crippen LogP contribution >= 0.6 is 0 Å². The molecule has 1 aliphatic carbocycles. The van der Waals surface area contributed by atoms with Crippen molar-refractivity contribution in [1.29, 1.82) is 0 Å². The van der Waals surface area contributed by atoms with E-state index in [9.17, 15) is 24.3 Å². The number of unbranched alkanes of at least 4 members (excludes halogenated alkanes) is 2. The summed E-state index contributed by atoms with van der Waals surface area (Å²) < 4.78 is 6.55. The van der Waals surface area contributed by atoms with Gasteiger partial charge in [-0.1, -0.05) is 44.7 Å². The minimum Gasteiger partial charge on any atom is -0.488 e. The van der Waals surface area contributed by atoms with Gasteiger partial charge >= 0.3 is 6.03 Å². The molecule has 49 heavy (non-hydrogen) atoms. The Morgan fingerprint density at radius 3 is 2.41 bits per heavy atom. The number of nitrogen functional groups attached to an aromatic ring is 1. The van der Waals surface area contributed by atoms with Gasteiger partial charge in [-0.2, -0.15) is 0 Å². The first-order valence-corrected chi connectivity index (χ1v) is 17.7. The molecule has 1 fully saturated rings. The van der Waals surface area contributed by atoms with Gasteiger partial charge in [-0.15, -0.1) is 0 Å². The number of para-hydroxylation sites is 2. The number of carbonyl (C=O) groups is 4. The third-order valence-electron chi connectivity index (χ3n) is 9.48. The van der Waals surface area contributed by atoms with Crippen LogP contribution in [0.5, 0.6) is 5.75 Å². The van der Waals surface area contributed by atoms with Crippen LogP contribution in [-0.4, -0.2) is 83.6 Å². The SMILES string of the molecule is C[C@@H]1CN([C@@H](C)CO)C(=O)Cc2cc(NC(=O)CCCCCC(=O)Nc3ccccc3N)ccc2O[C@H]1CN(C)C(=O)NC1CCCCC1. The van der Waals surface area contributed by atoms with Gasteiger partial charge in [0.15, 0.2) is 0 Å². The lowest BCUT2D eigenvalue weighted by molar-refractivity contribution is -0.134. The summed E-state index contributed by atoms with van der Waals surface area (Å²) >= 11 is 0. The van der Waals surface area contributed by atoms with Crippen molar-refractivity contribution in [2.24, 2.45) is 5.92 Å². The smallest absolute Gasteiger partial charge is 0.317 e. The summed E-state index contributed by atoms with van der Waals surface area (Å²) in [6.45, 7) is 4.30. The highest BCUT2D eigenvalue weighted by molar-refractivity contribution is 5.94. The van der Waals surface area contributed by atoms with Gasteiger partial charge in [0.2, 0.25) is 17.7 Å². The number of nitrogens with two attached hydrogens (primary N) is 1. The lowest BCUT2D eigenvalue weighted by Crippen LogP contribution is -2.50. The number of urea groups is 1. The van der Waals surface area contributed by atoms with E-state index >= 15 is 0 Å². The van der Waals surface area contributed by atoms with Crippen LogP contribution in [0.15, 0.2) is 42.5 Å². The van der Waals surface area contributed by atoms with Crippen molar-refractivity contribution in [3.05, 3.63) is 48.0 Å². The fourth-order valence-corrected chi connectivity index (χ4v) is 6.40. The van der Waals surface area contributed by atoms with E-state index in [-0.39, 0.29) is 55.2 Å². The summed E-state index contributed by atoms with van der Waals surface area (Å²) in [4.78, 5) is 55.1. The van der Waals surface area contributed by atoms with E-state index in [2.05, 4.69) is 16.0 Å². The number of aliphatic hydroxyl groups is 1. The maximum Gasteiger partial charge on any atom is 0.317 e. The van der Waals surface area contributed by atoms with Crippen LogP contribution in [0.3, 0.4) is 0 Å². The molecule has 0 bridgehead atoms. The van der Waals surface area contributed by atoms with Gasteiger partial charge < -0.3 is 41.3 Å². The Morgan fingerprint density at radius 1 is 1.02 bits per heavy atom. The first kappa shape index (κ1) is 37.5. The number of nitrogens with zero attached hydrogens (tertiary/aromatic N) is 2. The fraction of sp³-hybridized carbons (Fsp3) is 0.568. The summed E-state index contributed by atoms with van der Waals surface area (Å²) in [5.41, 5.74) is 8.17. The largest absolute Gasteiger partial charge is 0.488 e. The molecule has 3 atom stereocenters. The molecule has 2 aliphatic rings. The van der Waals surface area contributed by atoms with Crippen molar-refractivity contribution >= 4 is 40.8 Å². The molecule has 12 heteroatoms. The van der Waals surface area contributed by atoms with Crippen molar-refractivity contribution < 1.29 is 29.0 Å². The highest BCUT2D eigenvalue weighted by Crippen LogP contribution is 2.29. The van der Waals surface area contributed by atoms with Crippen molar-refractivity contribution in [3.63, 3.8) is 0 Å². The van der Waals surface area contributed by atoms with Crippen molar-refractivity contribution in [2.75, 3.05) is 43.1 Å². The van der Waals surface area contributed by atoms with Crippen LogP contribution in [0.25, 0.3) is 0 Å². The van der Waals surface area contributed by atoms with Crippen molar-refractivity contribution in [3.8, 4) is 5.75 Å². The van der Waals surface area contributed by atoms with E-state index in [0.717, 1.165) is 25.7 Å². The first-order chi connectivity index (χ1) is 23.5. The molecular formula is C37H54N6O6. The number of amides is 5. The Balaban J connectivity index is 1.35. The molecular weight excluding hydrogens is 624 g/mol. The van der Waals surface area contributed by atoms with Gasteiger partial charge in [-0.3, -0.25) is 14.4 Å². The molecule has 268 valence electrons. The molecule has 0 aromatic heterocycles. The lowest BCUT2D eigenvalue weighted by Gasteiger charge is -2.34.